The molecule has 1 atom stereocenters. The second-order valence-corrected chi connectivity index (χ2v) is 16.0. The minimum absolute atomic E-state index is 0.0235. The summed E-state index contributed by atoms with van der Waals surface area (Å²) in [5.74, 6) is -1.24. The minimum Gasteiger partial charge on any atom is -0.465 e. The van der Waals surface area contributed by atoms with Crippen molar-refractivity contribution < 1.29 is 42.8 Å². The molecule has 1 aliphatic rings. The van der Waals surface area contributed by atoms with E-state index in [2.05, 4.69) is 74.3 Å². The van der Waals surface area contributed by atoms with Crippen molar-refractivity contribution in [1.82, 2.24) is 4.90 Å². The number of esters is 2. The highest BCUT2D eigenvalue weighted by Gasteiger charge is 2.20. The summed E-state index contributed by atoms with van der Waals surface area (Å²) in [4.78, 5) is 40.3. The van der Waals surface area contributed by atoms with Crippen molar-refractivity contribution in [3.8, 4) is 0 Å². The van der Waals surface area contributed by atoms with Gasteiger partial charge < -0.3 is 33.3 Å². The van der Waals surface area contributed by atoms with Crippen LogP contribution in [-0.2, 0) is 38.0 Å². The average molecular weight is 846 g/mol. The van der Waals surface area contributed by atoms with Gasteiger partial charge in [-0.1, -0.05) is 101 Å². The lowest BCUT2D eigenvalue weighted by molar-refractivity contribution is -0.161. The molecule has 346 valence electrons. The third-order valence-electron chi connectivity index (χ3n) is 10.3. The van der Waals surface area contributed by atoms with E-state index in [1.165, 1.54) is 38.5 Å². The number of carbonyl (C=O) groups is 3. The largest absolute Gasteiger partial charge is 0.508 e. The van der Waals surface area contributed by atoms with Crippen LogP contribution < -0.4 is 0 Å². The first-order chi connectivity index (χ1) is 29.5. The summed E-state index contributed by atoms with van der Waals surface area (Å²) >= 11 is 0. The van der Waals surface area contributed by atoms with Gasteiger partial charge in [0.2, 0.25) is 0 Å². The highest BCUT2D eigenvalue weighted by molar-refractivity contribution is 5.69. The van der Waals surface area contributed by atoms with Crippen molar-refractivity contribution in [3.05, 3.63) is 48.6 Å². The molecule has 60 heavy (non-hydrogen) atoms. The summed E-state index contributed by atoms with van der Waals surface area (Å²) < 4.78 is 34.0. The van der Waals surface area contributed by atoms with Crippen LogP contribution in [0.4, 0.5) is 4.79 Å². The van der Waals surface area contributed by atoms with Crippen molar-refractivity contribution in [3.63, 3.8) is 0 Å². The summed E-state index contributed by atoms with van der Waals surface area (Å²) in [5.41, 5.74) is 0. The van der Waals surface area contributed by atoms with Crippen LogP contribution in [0.5, 0.6) is 0 Å². The molecule has 0 aliphatic carbocycles. The molecule has 1 heterocycles. The molecule has 0 spiro atoms. The molecule has 1 fully saturated rings. The molecule has 0 saturated carbocycles. The van der Waals surface area contributed by atoms with E-state index in [0.717, 1.165) is 122 Å². The molecule has 0 N–H and O–H groups in total. The number of likely N-dealkylation sites (tertiary alicyclic amines) is 1. The fourth-order valence-electron chi connectivity index (χ4n) is 6.65. The maximum Gasteiger partial charge on any atom is 0.508 e. The average Bonchev–Trinajstić information content (AvgIpc) is 3.78. The van der Waals surface area contributed by atoms with Gasteiger partial charge >= 0.3 is 18.1 Å². The van der Waals surface area contributed by atoms with Crippen LogP contribution in [0.15, 0.2) is 48.6 Å². The predicted octanol–water partition coefficient (Wildman–Crippen LogP) is 12.6. The number of rotatable bonds is 41. The Morgan fingerprint density at radius 3 is 1.63 bits per heavy atom. The SMILES string of the molecule is CC/C=C\CCCCOC(CCC(=O)OCC(COC(=O)CCCCCCC/C=C\C/C=C\CCCCC)COC(=O)OCCCN1CCCC1)OCCCC/C=C\CC. The van der Waals surface area contributed by atoms with Crippen molar-refractivity contribution in [1.29, 1.82) is 0 Å². The number of hydrogen-bond donors (Lipinski definition) is 0. The first-order valence-electron chi connectivity index (χ1n) is 24.1. The van der Waals surface area contributed by atoms with Crippen LogP contribution >= 0.6 is 0 Å². The molecule has 0 aromatic carbocycles. The standard InChI is InChI=1S/C50H87NO9/c1-4-7-10-13-16-17-18-19-20-21-22-23-24-25-28-34-47(52)58-43-46(45-60-50(54)57-42-33-39-51-37-29-30-38-51)44-59-48(53)35-36-49(55-40-31-26-14-11-8-5-2)56-41-32-27-15-12-9-6-3/h8-9,11-12,16-17,19-20,46,49H,4-7,10,13-15,18,21-45H2,1-3H3/b11-8-,12-9-,17-16-,20-19-. The molecular formula is C50H87NO9. The maximum absolute atomic E-state index is 12.9. The van der Waals surface area contributed by atoms with E-state index in [1.807, 2.05) is 0 Å². The third-order valence-corrected chi connectivity index (χ3v) is 10.3. The second kappa shape index (κ2) is 42.7. The topological polar surface area (TPSA) is 110 Å². The number of allylic oxidation sites excluding steroid dienone is 8. The molecule has 0 radical (unpaired) electrons. The molecule has 1 rings (SSSR count). The van der Waals surface area contributed by atoms with Gasteiger partial charge in [0.15, 0.2) is 6.29 Å². The molecule has 0 bridgehead atoms. The van der Waals surface area contributed by atoms with E-state index in [1.54, 1.807) is 0 Å². The Labute approximate surface area is 366 Å². The maximum atomic E-state index is 12.9. The van der Waals surface area contributed by atoms with Gasteiger partial charge in [-0.05, 0) is 122 Å². The minimum atomic E-state index is -0.774. The van der Waals surface area contributed by atoms with E-state index < -0.39 is 24.3 Å². The van der Waals surface area contributed by atoms with E-state index in [-0.39, 0.29) is 38.8 Å². The number of carbonyl (C=O) groups excluding carboxylic acids is 3. The number of nitrogens with zero attached hydrogens (tertiary/aromatic N) is 1. The van der Waals surface area contributed by atoms with Gasteiger partial charge in [-0.15, -0.1) is 0 Å². The Kier molecular flexibility index (Phi) is 39.2. The van der Waals surface area contributed by atoms with E-state index >= 15 is 0 Å². The molecule has 10 nitrogen and oxygen atoms in total. The van der Waals surface area contributed by atoms with Gasteiger partial charge in [0.25, 0.3) is 0 Å². The molecule has 1 unspecified atom stereocenters. The van der Waals surface area contributed by atoms with Crippen molar-refractivity contribution >= 4 is 18.1 Å². The monoisotopic (exact) mass is 846 g/mol. The van der Waals surface area contributed by atoms with Gasteiger partial charge in [0.05, 0.1) is 18.9 Å². The Bertz CT molecular complexity index is 1110. The summed E-state index contributed by atoms with van der Waals surface area (Å²) in [5, 5.41) is 0. The highest BCUT2D eigenvalue weighted by Crippen LogP contribution is 2.13. The van der Waals surface area contributed by atoms with Gasteiger partial charge in [0.1, 0.15) is 19.8 Å². The number of ether oxygens (including phenoxy) is 6. The summed E-state index contributed by atoms with van der Waals surface area (Å²) in [7, 11) is 0. The van der Waals surface area contributed by atoms with Crippen LogP contribution in [0, 0.1) is 5.92 Å². The van der Waals surface area contributed by atoms with Gasteiger partial charge in [-0.2, -0.15) is 0 Å². The fraction of sp³-hybridized carbons (Fsp3) is 0.780. The van der Waals surface area contributed by atoms with Crippen molar-refractivity contribution in [2.24, 2.45) is 5.92 Å². The van der Waals surface area contributed by atoms with E-state index in [4.69, 9.17) is 28.4 Å². The van der Waals surface area contributed by atoms with Crippen LogP contribution in [-0.4, -0.2) is 88.6 Å². The molecule has 0 amide bonds. The molecular weight excluding hydrogens is 759 g/mol. The highest BCUT2D eigenvalue weighted by atomic mass is 16.7. The Morgan fingerprint density at radius 2 is 1.03 bits per heavy atom. The normalized spacial score (nSPS) is 14.1. The molecule has 1 aliphatic heterocycles. The molecule has 10 heteroatoms. The second-order valence-electron chi connectivity index (χ2n) is 16.0. The van der Waals surface area contributed by atoms with Gasteiger partial charge in [0, 0.05) is 32.6 Å². The van der Waals surface area contributed by atoms with E-state index in [0.29, 0.717) is 26.1 Å². The molecule has 1 saturated heterocycles. The third kappa shape index (κ3) is 36.9. The van der Waals surface area contributed by atoms with Crippen LogP contribution in [0.3, 0.4) is 0 Å². The zero-order valence-corrected chi connectivity index (χ0v) is 38.4. The van der Waals surface area contributed by atoms with Crippen LogP contribution in [0.1, 0.15) is 181 Å². The fourth-order valence-corrected chi connectivity index (χ4v) is 6.65. The molecule has 0 aromatic rings. The van der Waals surface area contributed by atoms with Gasteiger partial charge in [-0.3, -0.25) is 9.59 Å². The summed E-state index contributed by atoms with van der Waals surface area (Å²) in [6.07, 6.45) is 40.8. The molecule has 0 aromatic heterocycles. The number of hydrogen-bond acceptors (Lipinski definition) is 10. The zero-order valence-electron chi connectivity index (χ0n) is 38.4. The Hall–Kier alpha value is -2.95. The number of unbranched alkanes of at least 4 members (excludes halogenated alkanes) is 12. The summed E-state index contributed by atoms with van der Waals surface area (Å²) in [6.45, 7) is 10.8. The van der Waals surface area contributed by atoms with Gasteiger partial charge in [-0.25, -0.2) is 4.79 Å². The van der Waals surface area contributed by atoms with Crippen molar-refractivity contribution in [2.45, 2.75) is 188 Å². The lowest BCUT2D eigenvalue weighted by Gasteiger charge is -2.20. The Balaban J connectivity index is 2.51. The lowest BCUT2D eigenvalue weighted by Crippen LogP contribution is -2.27. The zero-order chi connectivity index (χ0) is 43.4. The quantitative estimate of drug-likeness (QED) is 0.0194. The first-order valence-corrected chi connectivity index (χ1v) is 24.1. The van der Waals surface area contributed by atoms with E-state index in [9.17, 15) is 14.4 Å². The summed E-state index contributed by atoms with van der Waals surface area (Å²) in [6, 6.07) is 0. The Morgan fingerprint density at radius 1 is 0.517 bits per heavy atom. The van der Waals surface area contributed by atoms with Crippen molar-refractivity contribution in [2.75, 3.05) is 59.3 Å². The first kappa shape index (κ1) is 55.1. The smallest absolute Gasteiger partial charge is 0.465 e. The van der Waals surface area contributed by atoms with Crippen LogP contribution in [0.25, 0.3) is 0 Å². The predicted molar refractivity (Wildman–Crippen MR) is 244 cm³/mol. The van der Waals surface area contributed by atoms with Crippen LogP contribution in [0.2, 0.25) is 0 Å². The lowest BCUT2D eigenvalue weighted by atomic mass is 10.1.